The van der Waals surface area contributed by atoms with Gasteiger partial charge in [0.25, 0.3) is 6.43 Å². The average molecular weight is 266 g/mol. The fourth-order valence-electron chi connectivity index (χ4n) is 3.47. The lowest BCUT2D eigenvalue weighted by atomic mass is 9.95. The SMILES string of the molecule is CC1C2CNCC2CN1Cc1ccc(C(F)F)cc1. The third kappa shape index (κ3) is 2.51. The Kier molecular flexibility index (Phi) is 3.54. The van der Waals surface area contributed by atoms with E-state index in [1.54, 1.807) is 12.1 Å². The van der Waals surface area contributed by atoms with Gasteiger partial charge >= 0.3 is 0 Å². The van der Waals surface area contributed by atoms with Crippen LogP contribution in [-0.2, 0) is 6.54 Å². The molecular weight excluding hydrogens is 246 g/mol. The molecule has 4 heteroatoms. The molecule has 2 heterocycles. The lowest BCUT2D eigenvalue weighted by Gasteiger charge is -2.24. The predicted molar refractivity (Wildman–Crippen MR) is 71.1 cm³/mol. The van der Waals surface area contributed by atoms with Crippen molar-refractivity contribution in [3.8, 4) is 0 Å². The van der Waals surface area contributed by atoms with Gasteiger partial charge < -0.3 is 5.32 Å². The van der Waals surface area contributed by atoms with Gasteiger partial charge in [0, 0.05) is 24.7 Å². The molecule has 2 nitrogen and oxygen atoms in total. The predicted octanol–water partition coefficient (Wildman–Crippen LogP) is 2.66. The average Bonchev–Trinajstić information content (AvgIpc) is 2.95. The van der Waals surface area contributed by atoms with E-state index in [9.17, 15) is 8.78 Å². The summed E-state index contributed by atoms with van der Waals surface area (Å²) in [6.45, 7) is 6.51. The van der Waals surface area contributed by atoms with Gasteiger partial charge in [0.1, 0.15) is 0 Å². The molecule has 2 aliphatic heterocycles. The smallest absolute Gasteiger partial charge is 0.263 e. The molecule has 2 aliphatic rings. The van der Waals surface area contributed by atoms with Gasteiger partial charge in [-0.2, -0.15) is 0 Å². The Morgan fingerprint density at radius 1 is 1.26 bits per heavy atom. The number of hydrogen-bond acceptors (Lipinski definition) is 2. The first-order chi connectivity index (χ1) is 9.15. The zero-order valence-electron chi connectivity index (χ0n) is 11.2. The number of benzene rings is 1. The fraction of sp³-hybridized carbons (Fsp3) is 0.600. The molecule has 3 unspecified atom stereocenters. The first-order valence-corrected chi connectivity index (χ1v) is 6.97. The van der Waals surface area contributed by atoms with E-state index in [0.29, 0.717) is 6.04 Å². The van der Waals surface area contributed by atoms with Crippen molar-refractivity contribution < 1.29 is 8.78 Å². The summed E-state index contributed by atoms with van der Waals surface area (Å²) in [6.07, 6.45) is -2.37. The summed E-state index contributed by atoms with van der Waals surface area (Å²) < 4.78 is 25.0. The number of nitrogens with zero attached hydrogens (tertiary/aromatic N) is 1. The molecule has 0 saturated carbocycles. The Hall–Kier alpha value is -1.00. The van der Waals surface area contributed by atoms with Gasteiger partial charge in [-0.25, -0.2) is 8.78 Å². The van der Waals surface area contributed by atoms with E-state index in [1.807, 2.05) is 12.1 Å². The molecule has 3 atom stereocenters. The van der Waals surface area contributed by atoms with Crippen molar-refractivity contribution in [2.75, 3.05) is 19.6 Å². The molecule has 19 heavy (non-hydrogen) atoms. The van der Waals surface area contributed by atoms with Crippen LogP contribution in [0.1, 0.15) is 24.5 Å². The summed E-state index contributed by atoms with van der Waals surface area (Å²) in [5, 5.41) is 3.45. The Labute approximate surface area is 112 Å². The number of nitrogens with one attached hydrogen (secondary N) is 1. The summed E-state index contributed by atoms with van der Waals surface area (Å²) in [4.78, 5) is 2.48. The molecule has 0 amide bonds. The lowest BCUT2D eigenvalue weighted by molar-refractivity contribution is 0.151. The molecule has 0 aromatic heterocycles. The molecule has 2 saturated heterocycles. The lowest BCUT2D eigenvalue weighted by Crippen LogP contribution is -2.32. The van der Waals surface area contributed by atoms with E-state index in [0.717, 1.165) is 43.6 Å². The number of hydrogen-bond donors (Lipinski definition) is 1. The second kappa shape index (κ2) is 5.17. The topological polar surface area (TPSA) is 15.3 Å². The van der Waals surface area contributed by atoms with Crippen molar-refractivity contribution in [1.29, 1.82) is 0 Å². The van der Waals surface area contributed by atoms with E-state index in [2.05, 4.69) is 17.1 Å². The van der Waals surface area contributed by atoms with Gasteiger partial charge in [-0.1, -0.05) is 24.3 Å². The van der Waals surface area contributed by atoms with Gasteiger partial charge in [-0.15, -0.1) is 0 Å². The number of rotatable bonds is 3. The highest BCUT2D eigenvalue weighted by Crippen LogP contribution is 2.33. The fourth-order valence-corrected chi connectivity index (χ4v) is 3.47. The van der Waals surface area contributed by atoms with Crippen molar-refractivity contribution in [3.63, 3.8) is 0 Å². The van der Waals surface area contributed by atoms with Crippen molar-refractivity contribution >= 4 is 0 Å². The molecule has 0 spiro atoms. The van der Waals surface area contributed by atoms with Crippen molar-refractivity contribution in [3.05, 3.63) is 35.4 Å². The Morgan fingerprint density at radius 3 is 2.63 bits per heavy atom. The van der Waals surface area contributed by atoms with E-state index in [-0.39, 0.29) is 5.56 Å². The first kappa shape index (κ1) is 13.0. The number of alkyl halides is 2. The molecule has 0 radical (unpaired) electrons. The van der Waals surface area contributed by atoms with Crippen LogP contribution in [0.25, 0.3) is 0 Å². The normalized spacial score (nSPS) is 31.1. The summed E-state index contributed by atoms with van der Waals surface area (Å²) >= 11 is 0. The maximum atomic E-state index is 12.5. The van der Waals surface area contributed by atoms with Crippen LogP contribution in [0, 0.1) is 11.8 Å². The first-order valence-electron chi connectivity index (χ1n) is 6.97. The van der Waals surface area contributed by atoms with Crippen LogP contribution in [0.5, 0.6) is 0 Å². The van der Waals surface area contributed by atoms with Crippen LogP contribution in [-0.4, -0.2) is 30.6 Å². The maximum Gasteiger partial charge on any atom is 0.263 e. The van der Waals surface area contributed by atoms with Crippen molar-refractivity contribution in [2.24, 2.45) is 11.8 Å². The molecule has 1 aromatic carbocycles. The molecule has 3 rings (SSSR count). The van der Waals surface area contributed by atoms with Crippen molar-refractivity contribution in [1.82, 2.24) is 10.2 Å². The van der Waals surface area contributed by atoms with Crippen LogP contribution < -0.4 is 5.32 Å². The third-order valence-corrected chi connectivity index (χ3v) is 4.67. The second-order valence-corrected chi connectivity index (χ2v) is 5.79. The van der Waals surface area contributed by atoms with Gasteiger partial charge in [0.15, 0.2) is 0 Å². The quantitative estimate of drug-likeness (QED) is 0.905. The minimum atomic E-state index is -2.37. The van der Waals surface area contributed by atoms with Crippen LogP contribution >= 0.6 is 0 Å². The van der Waals surface area contributed by atoms with Gasteiger partial charge in [0.2, 0.25) is 0 Å². The minimum absolute atomic E-state index is 0.110. The maximum absolute atomic E-state index is 12.5. The Balaban J connectivity index is 1.65. The molecule has 0 aliphatic carbocycles. The minimum Gasteiger partial charge on any atom is -0.316 e. The van der Waals surface area contributed by atoms with Crippen LogP contribution in [0.15, 0.2) is 24.3 Å². The van der Waals surface area contributed by atoms with Crippen LogP contribution in [0.4, 0.5) is 8.78 Å². The summed E-state index contributed by atoms with van der Waals surface area (Å²) in [5.74, 6) is 1.51. The van der Waals surface area contributed by atoms with Gasteiger partial charge in [0.05, 0.1) is 0 Å². The zero-order chi connectivity index (χ0) is 13.4. The van der Waals surface area contributed by atoms with E-state index < -0.39 is 6.43 Å². The standard InChI is InChI=1S/C15H20F2N2/c1-10-14-7-18-6-13(14)9-19(10)8-11-2-4-12(5-3-11)15(16)17/h2-5,10,13-15,18H,6-9H2,1H3. The van der Waals surface area contributed by atoms with Crippen LogP contribution in [0.2, 0.25) is 0 Å². The number of fused-ring (bicyclic) bond motifs is 1. The number of halogens is 2. The molecule has 0 bridgehead atoms. The Morgan fingerprint density at radius 2 is 2.00 bits per heavy atom. The highest BCUT2D eigenvalue weighted by atomic mass is 19.3. The molecule has 1 N–H and O–H groups in total. The summed E-state index contributed by atoms with van der Waals surface area (Å²) in [7, 11) is 0. The zero-order valence-corrected chi connectivity index (χ0v) is 11.2. The molecule has 2 fully saturated rings. The third-order valence-electron chi connectivity index (χ3n) is 4.67. The van der Waals surface area contributed by atoms with E-state index in [1.165, 1.54) is 0 Å². The Bertz CT molecular complexity index is 432. The summed E-state index contributed by atoms with van der Waals surface area (Å²) in [5.41, 5.74) is 1.24. The van der Waals surface area contributed by atoms with Crippen LogP contribution in [0.3, 0.4) is 0 Å². The van der Waals surface area contributed by atoms with Gasteiger partial charge in [-0.05, 0) is 37.4 Å². The monoisotopic (exact) mass is 266 g/mol. The summed E-state index contributed by atoms with van der Waals surface area (Å²) in [6, 6.07) is 7.34. The second-order valence-electron chi connectivity index (χ2n) is 5.79. The largest absolute Gasteiger partial charge is 0.316 e. The van der Waals surface area contributed by atoms with E-state index in [4.69, 9.17) is 0 Å². The highest BCUT2D eigenvalue weighted by Gasteiger charge is 2.41. The van der Waals surface area contributed by atoms with E-state index >= 15 is 0 Å². The molecule has 104 valence electrons. The molecular formula is C15H20F2N2. The highest BCUT2D eigenvalue weighted by molar-refractivity contribution is 5.23. The number of likely N-dealkylation sites (tertiary alicyclic amines) is 1. The van der Waals surface area contributed by atoms with Gasteiger partial charge in [-0.3, -0.25) is 4.90 Å². The molecule has 1 aromatic rings. The van der Waals surface area contributed by atoms with Crippen molar-refractivity contribution in [2.45, 2.75) is 25.9 Å².